The van der Waals surface area contributed by atoms with E-state index in [1.807, 2.05) is 6.07 Å². The average molecular weight is 207 g/mol. The van der Waals surface area contributed by atoms with Gasteiger partial charge in [-0.25, -0.2) is 0 Å². The lowest BCUT2D eigenvalue weighted by Gasteiger charge is -2.16. The zero-order valence-corrected chi connectivity index (χ0v) is 9.23. The number of nitrogens with zero attached hydrogens (tertiary/aromatic N) is 1. The minimum Gasteiger partial charge on any atom is -0.497 e. The van der Waals surface area contributed by atoms with Crippen LogP contribution in [0.15, 0.2) is 23.2 Å². The molecule has 0 aliphatic carbocycles. The standard InChI is InChI=1S/C11H13NOS/c1-13-9-4-3-8-5-6-12-11(14-2)10(8)7-9/h3-4,7H,5-6H2,1-2H3. The Kier molecular flexibility index (Phi) is 2.77. The molecule has 0 atom stereocenters. The minimum absolute atomic E-state index is 0.910. The van der Waals surface area contributed by atoms with Gasteiger partial charge in [0.2, 0.25) is 0 Å². The number of benzene rings is 1. The summed E-state index contributed by atoms with van der Waals surface area (Å²) in [4.78, 5) is 4.49. The zero-order valence-electron chi connectivity index (χ0n) is 8.41. The molecule has 0 N–H and O–H groups in total. The molecular weight excluding hydrogens is 194 g/mol. The van der Waals surface area contributed by atoms with Crippen molar-refractivity contribution in [3.63, 3.8) is 0 Å². The molecule has 0 saturated heterocycles. The Bertz CT molecular complexity index is 374. The van der Waals surface area contributed by atoms with Crippen molar-refractivity contribution in [1.82, 2.24) is 0 Å². The maximum Gasteiger partial charge on any atom is 0.119 e. The second-order valence-electron chi connectivity index (χ2n) is 3.16. The number of hydrogen-bond acceptors (Lipinski definition) is 3. The fraction of sp³-hybridized carbons (Fsp3) is 0.364. The third-order valence-electron chi connectivity index (χ3n) is 2.38. The fourth-order valence-electron chi connectivity index (χ4n) is 1.64. The number of rotatable bonds is 1. The van der Waals surface area contributed by atoms with E-state index in [0.29, 0.717) is 0 Å². The van der Waals surface area contributed by atoms with Crippen molar-refractivity contribution in [1.29, 1.82) is 0 Å². The molecule has 1 aromatic rings. The van der Waals surface area contributed by atoms with Gasteiger partial charge in [0, 0.05) is 12.1 Å². The summed E-state index contributed by atoms with van der Waals surface area (Å²) in [6, 6.07) is 6.23. The Morgan fingerprint density at radius 3 is 3.00 bits per heavy atom. The average Bonchev–Trinajstić information content (AvgIpc) is 2.27. The number of thioether (sulfide) groups is 1. The van der Waals surface area contributed by atoms with Gasteiger partial charge in [0.15, 0.2) is 0 Å². The molecule has 0 unspecified atom stereocenters. The molecule has 1 aromatic carbocycles. The van der Waals surface area contributed by atoms with Crippen molar-refractivity contribution in [3.8, 4) is 5.75 Å². The first-order chi connectivity index (χ1) is 6.85. The molecular formula is C11H13NOS. The third-order valence-corrected chi connectivity index (χ3v) is 3.11. The second-order valence-corrected chi connectivity index (χ2v) is 3.96. The SMILES string of the molecule is COc1ccc2c(c1)C(SC)=NCC2. The Labute approximate surface area is 88.4 Å². The van der Waals surface area contributed by atoms with Crippen LogP contribution in [-0.4, -0.2) is 25.0 Å². The molecule has 0 saturated carbocycles. The van der Waals surface area contributed by atoms with E-state index in [4.69, 9.17) is 4.74 Å². The van der Waals surface area contributed by atoms with Crippen molar-refractivity contribution in [3.05, 3.63) is 29.3 Å². The van der Waals surface area contributed by atoms with Crippen molar-refractivity contribution in [2.45, 2.75) is 6.42 Å². The van der Waals surface area contributed by atoms with Crippen LogP contribution >= 0.6 is 11.8 Å². The number of ether oxygens (including phenoxy) is 1. The van der Waals surface area contributed by atoms with E-state index in [0.717, 1.165) is 23.8 Å². The normalized spacial score (nSPS) is 14.6. The molecule has 1 aliphatic heterocycles. The molecule has 74 valence electrons. The summed E-state index contributed by atoms with van der Waals surface area (Å²) < 4.78 is 5.21. The third kappa shape index (κ3) is 1.64. The quantitative estimate of drug-likeness (QED) is 0.705. The van der Waals surface area contributed by atoms with Gasteiger partial charge in [0.1, 0.15) is 5.75 Å². The Hall–Kier alpha value is -0.960. The van der Waals surface area contributed by atoms with Crippen molar-refractivity contribution in [2.24, 2.45) is 4.99 Å². The van der Waals surface area contributed by atoms with Crippen LogP contribution in [0.25, 0.3) is 0 Å². The van der Waals surface area contributed by atoms with Gasteiger partial charge < -0.3 is 4.74 Å². The summed E-state index contributed by atoms with van der Waals surface area (Å²) >= 11 is 1.70. The predicted molar refractivity (Wildman–Crippen MR) is 61.6 cm³/mol. The monoisotopic (exact) mass is 207 g/mol. The molecule has 2 rings (SSSR count). The van der Waals surface area contributed by atoms with E-state index in [1.54, 1.807) is 18.9 Å². The Morgan fingerprint density at radius 1 is 1.43 bits per heavy atom. The first-order valence-electron chi connectivity index (χ1n) is 4.61. The van der Waals surface area contributed by atoms with E-state index in [9.17, 15) is 0 Å². The van der Waals surface area contributed by atoms with Crippen LogP contribution in [0, 0.1) is 0 Å². The summed E-state index contributed by atoms with van der Waals surface area (Å²) in [7, 11) is 1.69. The Morgan fingerprint density at radius 2 is 2.29 bits per heavy atom. The Balaban J connectivity index is 2.46. The van der Waals surface area contributed by atoms with E-state index in [2.05, 4.69) is 23.4 Å². The highest BCUT2D eigenvalue weighted by molar-refractivity contribution is 8.13. The highest BCUT2D eigenvalue weighted by Gasteiger charge is 2.13. The van der Waals surface area contributed by atoms with Gasteiger partial charge in [0.25, 0.3) is 0 Å². The van der Waals surface area contributed by atoms with Crippen LogP contribution in [0.4, 0.5) is 0 Å². The molecule has 14 heavy (non-hydrogen) atoms. The minimum atomic E-state index is 0.910. The number of methoxy groups -OCH3 is 1. The summed E-state index contributed by atoms with van der Waals surface area (Å²) in [5, 5.41) is 1.13. The second kappa shape index (κ2) is 4.05. The van der Waals surface area contributed by atoms with Crippen molar-refractivity contribution >= 4 is 16.8 Å². The van der Waals surface area contributed by atoms with Gasteiger partial charge >= 0.3 is 0 Å². The fourth-order valence-corrected chi connectivity index (χ4v) is 2.27. The molecule has 0 radical (unpaired) electrons. The molecule has 0 bridgehead atoms. The number of aliphatic imine (C=N–C) groups is 1. The molecule has 3 heteroatoms. The molecule has 1 heterocycles. The molecule has 0 fully saturated rings. The van der Waals surface area contributed by atoms with Crippen LogP contribution in [0.2, 0.25) is 0 Å². The van der Waals surface area contributed by atoms with Crippen LogP contribution < -0.4 is 4.74 Å². The molecule has 1 aliphatic rings. The van der Waals surface area contributed by atoms with Gasteiger partial charge in [-0.3, -0.25) is 4.99 Å². The van der Waals surface area contributed by atoms with E-state index >= 15 is 0 Å². The topological polar surface area (TPSA) is 21.6 Å². The molecule has 2 nitrogen and oxygen atoms in total. The van der Waals surface area contributed by atoms with Gasteiger partial charge in [0.05, 0.1) is 12.2 Å². The molecule has 0 aromatic heterocycles. The van der Waals surface area contributed by atoms with Gasteiger partial charge in [-0.1, -0.05) is 6.07 Å². The summed E-state index contributed by atoms with van der Waals surface area (Å²) in [6.45, 7) is 0.912. The highest BCUT2D eigenvalue weighted by atomic mass is 32.2. The molecule has 0 amide bonds. The van der Waals surface area contributed by atoms with Crippen molar-refractivity contribution < 1.29 is 4.74 Å². The van der Waals surface area contributed by atoms with Gasteiger partial charge in [-0.15, -0.1) is 11.8 Å². The van der Waals surface area contributed by atoms with Crippen LogP contribution in [0.5, 0.6) is 5.75 Å². The van der Waals surface area contributed by atoms with Crippen LogP contribution in [0.1, 0.15) is 11.1 Å². The number of fused-ring (bicyclic) bond motifs is 1. The van der Waals surface area contributed by atoms with E-state index in [-0.39, 0.29) is 0 Å². The van der Waals surface area contributed by atoms with Gasteiger partial charge in [-0.2, -0.15) is 0 Å². The summed E-state index contributed by atoms with van der Waals surface area (Å²) in [5.74, 6) is 0.910. The smallest absolute Gasteiger partial charge is 0.119 e. The van der Waals surface area contributed by atoms with Gasteiger partial charge in [-0.05, 0) is 30.4 Å². The first-order valence-corrected chi connectivity index (χ1v) is 5.83. The first kappa shape index (κ1) is 9.59. The summed E-state index contributed by atoms with van der Waals surface area (Å²) in [5.41, 5.74) is 2.62. The highest BCUT2D eigenvalue weighted by Crippen LogP contribution is 2.25. The lowest BCUT2D eigenvalue weighted by Crippen LogP contribution is -2.09. The van der Waals surface area contributed by atoms with Crippen molar-refractivity contribution in [2.75, 3.05) is 19.9 Å². The van der Waals surface area contributed by atoms with E-state index in [1.165, 1.54) is 11.1 Å². The lowest BCUT2D eigenvalue weighted by atomic mass is 10.0. The van der Waals surface area contributed by atoms with E-state index < -0.39 is 0 Å². The zero-order chi connectivity index (χ0) is 9.97. The van der Waals surface area contributed by atoms with Crippen LogP contribution in [-0.2, 0) is 6.42 Å². The maximum atomic E-state index is 5.21. The lowest BCUT2D eigenvalue weighted by molar-refractivity contribution is 0.414. The predicted octanol–water partition coefficient (Wildman–Crippen LogP) is 2.36. The molecule has 0 spiro atoms. The number of hydrogen-bond donors (Lipinski definition) is 0. The maximum absolute atomic E-state index is 5.21. The largest absolute Gasteiger partial charge is 0.497 e. The summed E-state index contributed by atoms with van der Waals surface area (Å²) in [6.07, 6.45) is 3.11. The van der Waals surface area contributed by atoms with Crippen LogP contribution in [0.3, 0.4) is 0 Å².